The first-order chi connectivity index (χ1) is 8.68. The molecular weight excluding hydrogens is 242 g/mol. The second-order valence-corrected chi connectivity index (χ2v) is 6.08. The van der Waals surface area contributed by atoms with E-state index < -0.39 is 10.8 Å². The Morgan fingerprint density at radius 1 is 1.17 bits per heavy atom. The van der Waals surface area contributed by atoms with Crippen LogP contribution in [0.4, 0.5) is 0 Å². The van der Waals surface area contributed by atoms with Gasteiger partial charge in [0.15, 0.2) is 0 Å². The summed E-state index contributed by atoms with van der Waals surface area (Å²) < 4.78 is 11.0. The molecule has 18 heavy (non-hydrogen) atoms. The first kappa shape index (κ1) is 13.2. The molecule has 0 radical (unpaired) electrons. The lowest BCUT2D eigenvalue weighted by Crippen LogP contribution is -2.23. The predicted molar refractivity (Wildman–Crippen MR) is 79.3 cm³/mol. The smallest absolute Gasteiger partial charge is 0.0357 e. The number of nitrogens with one attached hydrogen (secondary N) is 1. The third-order valence-electron chi connectivity index (χ3n) is 3.13. The minimum atomic E-state index is -0.728. The van der Waals surface area contributed by atoms with Crippen molar-refractivity contribution in [2.24, 2.45) is 0 Å². The second kappa shape index (κ2) is 6.12. The quantitative estimate of drug-likeness (QED) is 0.896. The van der Waals surface area contributed by atoms with E-state index in [-0.39, 0.29) is 6.04 Å². The third kappa shape index (κ3) is 3.18. The molecule has 0 spiro atoms. The highest BCUT2D eigenvalue weighted by Gasteiger charge is 2.08. The highest BCUT2D eigenvalue weighted by Crippen LogP contribution is 2.23. The molecule has 0 aliphatic heterocycles. The monoisotopic (exact) mass is 261 g/mol. The van der Waals surface area contributed by atoms with E-state index in [0.29, 0.717) is 5.75 Å². The lowest BCUT2D eigenvalue weighted by molar-refractivity contribution is 0.600. The van der Waals surface area contributed by atoms with Crippen LogP contribution in [0.2, 0.25) is 0 Å². The van der Waals surface area contributed by atoms with Crippen LogP contribution < -0.4 is 5.32 Å². The molecule has 0 heterocycles. The Bertz CT molecular complexity index is 548. The van der Waals surface area contributed by atoms with Gasteiger partial charge in [-0.2, -0.15) is 0 Å². The summed E-state index contributed by atoms with van der Waals surface area (Å²) in [6, 6.07) is 15.1. The van der Waals surface area contributed by atoms with Crippen molar-refractivity contribution in [3.05, 3.63) is 48.0 Å². The third-order valence-corrected chi connectivity index (χ3v) is 3.91. The highest BCUT2D eigenvalue weighted by molar-refractivity contribution is 7.84. The Kier molecular flexibility index (Phi) is 4.50. The lowest BCUT2D eigenvalue weighted by Gasteiger charge is -2.16. The molecule has 0 aliphatic carbocycles. The summed E-state index contributed by atoms with van der Waals surface area (Å²) in [6.07, 6.45) is 1.74. The molecule has 0 fully saturated rings. The average molecular weight is 261 g/mol. The Hall–Kier alpha value is -1.19. The molecule has 2 nitrogen and oxygen atoms in total. The van der Waals surface area contributed by atoms with Crippen molar-refractivity contribution in [1.29, 1.82) is 0 Å². The molecule has 2 rings (SSSR count). The molecule has 2 aromatic rings. The van der Waals surface area contributed by atoms with Gasteiger partial charge in [-0.15, -0.1) is 0 Å². The topological polar surface area (TPSA) is 29.1 Å². The van der Waals surface area contributed by atoms with E-state index in [1.165, 1.54) is 16.3 Å². The highest BCUT2D eigenvalue weighted by atomic mass is 32.2. The van der Waals surface area contributed by atoms with E-state index >= 15 is 0 Å². The standard InChI is InChI=1S/C15H19NOS/c1-12(16-10-11-18(2)17)14-9-5-7-13-6-3-4-8-15(13)14/h3-9,12,16H,10-11H2,1-2H3. The SMILES string of the molecule is CC(NCCS(C)=O)c1cccc2ccccc12. The van der Waals surface area contributed by atoms with E-state index in [1.54, 1.807) is 6.26 Å². The summed E-state index contributed by atoms with van der Waals surface area (Å²) in [6.45, 7) is 2.94. The largest absolute Gasteiger partial charge is 0.309 e. The lowest BCUT2D eigenvalue weighted by atomic mass is 10.00. The molecular formula is C15H19NOS. The fraction of sp³-hybridized carbons (Fsp3) is 0.333. The minimum absolute atomic E-state index is 0.277. The van der Waals surface area contributed by atoms with Gasteiger partial charge in [0.1, 0.15) is 0 Å². The van der Waals surface area contributed by atoms with Crippen molar-refractivity contribution in [3.8, 4) is 0 Å². The van der Waals surface area contributed by atoms with Gasteiger partial charge in [-0.3, -0.25) is 4.21 Å². The number of hydrogen-bond acceptors (Lipinski definition) is 2. The Morgan fingerprint density at radius 2 is 1.89 bits per heavy atom. The van der Waals surface area contributed by atoms with E-state index in [9.17, 15) is 4.21 Å². The Balaban J connectivity index is 2.17. The van der Waals surface area contributed by atoms with Crippen LogP contribution in [0.3, 0.4) is 0 Å². The maximum atomic E-state index is 11.0. The van der Waals surface area contributed by atoms with Crippen LogP contribution in [-0.2, 0) is 10.8 Å². The van der Waals surface area contributed by atoms with Crippen molar-refractivity contribution in [2.75, 3.05) is 18.6 Å². The maximum absolute atomic E-state index is 11.0. The second-order valence-electron chi connectivity index (χ2n) is 4.52. The zero-order chi connectivity index (χ0) is 13.0. The number of rotatable bonds is 5. The van der Waals surface area contributed by atoms with E-state index in [0.717, 1.165) is 6.54 Å². The Morgan fingerprint density at radius 3 is 2.67 bits per heavy atom. The van der Waals surface area contributed by atoms with Crippen molar-refractivity contribution >= 4 is 21.6 Å². The molecule has 0 aliphatic rings. The van der Waals surface area contributed by atoms with Crippen LogP contribution in [0.5, 0.6) is 0 Å². The van der Waals surface area contributed by atoms with Crippen LogP contribution in [0.1, 0.15) is 18.5 Å². The normalized spacial score (nSPS) is 14.6. The summed E-state index contributed by atoms with van der Waals surface area (Å²) >= 11 is 0. The van der Waals surface area contributed by atoms with Crippen molar-refractivity contribution in [2.45, 2.75) is 13.0 Å². The molecule has 2 unspecified atom stereocenters. The van der Waals surface area contributed by atoms with E-state index in [4.69, 9.17) is 0 Å². The predicted octanol–water partition coefficient (Wildman–Crippen LogP) is 2.87. The summed E-state index contributed by atoms with van der Waals surface area (Å²) in [5.74, 6) is 0.703. The number of hydrogen-bond donors (Lipinski definition) is 1. The minimum Gasteiger partial charge on any atom is -0.309 e. The average Bonchev–Trinajstić information content (AvgIpc) is 2.37. The van der Waals surface area contributed by atoms with Gasteiger partial charge in [0.25, 0.3) is 0 Å². The van der Waals surface area contributed by atoms with Crippen LogP contribution in [0, 0.1) is 0 Å². The molecule has 96 valence electrons. The molecule has 2 atom stereocenters. The van der Waals surface area contributed by atoms with Crippen molar-refractivity contribution < 1.29 is 4.21 Å². The first-order valence-corrected chi connectivity index (χ1v) is 7.92. The van der Waals surface area contributed by atoms with Crippen LogP contribution in [-0.4, -0.2) is 22.8 Å². The van der Waals surface area contributed by atoms with Gasteiger partial charge in [0.2, 0.25) is 0 Å². The number of benzene rings is 2. The Labute approximate surface area is 111 Å². The summed E-state index contributed by atoms with van der Waals surface area (Å²) in [5, 5.41) is 5.99. The molecule has 0 amide bonds. The van der Waals surface area contributed by atoms with E-state index in [2.05, 4.69) is 54.7 Å². The number of fused-ring (bicyclic) bond motifs is 1. The van der Waals surface area contributed by atoms with Gasteiger partial charge < -0.3 is 5.32 Å². The molecule has 0 bridgehead atoms. The zero-order valence-corrected chi connectivity index (χ0v) is 11.7. The van der Waals surface area contributed by atoms with Crippen LogP contribution in [0.25, 0.3) is 10.8 Å². The fourth-order valence-electron chi connectivity index (χ4n) is 2.16. The van der Waals surface area contributed by atoms with Crippen molar-refractivity contribution in [1.82, 2.24) is 5.32 Å². The van der Waals surface area contributed by atoms with Crippen molar-refractivity contribution in [3.63, 3.8) is 0 Å². The van der Waals surface area contributed by atoms with Gasteiger partial charge >= 0.3 is 0 Å². The molecule has 0 saturated heterocycles. The first-order valence-electron chi connectivity index (χ1n) is 6.19. The zero-order valence-electron chi connectivity index (χ0n) is 10.8. The van der Waals surface area contributed by atoms with Crippen LogP contribution in [0.15, 0.2) is 42.5 Å². The van der Waals surface area contributed by atoms with Gasteiger partial charge in [0.05, 0.1) is 0 Å². The maximum Gasteiger partial charge on any atom is 0.0357 e. The molecule has 1 N–H and O–H groups in total. The van der Waals surface area contributed by atoms with Crippen LogP contribution >= 0.6 is 0 Å². The van der Waals surface area contributed by atoms with Gasteiger partial charge in [-0.05, 0) is 23.3 Å². The molecule has 2 aromatic carbocycles. The molecule has 0 saturated carbocycles. The molecule has 0 aromatic heterocycles. The van der Waals surface area contributed by atoms with Gasteiger partial charge in [0, 0.05) is 35.4 Å². The fourth-order valence-corrected chi connectivity index (χ4v) is 2.56. The van der Waals surface area contributed by atoms with Gasteiger partial charge in [-0.25, -0.2) is 0 Å². The summed E-state index contributed by atoms with van der Waals surface area (Å²) in [5.41, 5.74) is 1.30. The summed E-state index contributed by atoms with van der Waals surface area (Å²) in [4.78, 5) is 0. The molecule has 3 heteroatoms. The summed E-state index contributed by atoms with van der Waals surface area (Å²) in [7, 11) is -0.728. The van der Waals surface area contributed by atoms with Gasteiger partial charge in [-0.1, -0.05) is 42.5 Å². The van der Waals surface area contributed by atoms with E-state index in [1.807, 2.05) is 0 Å².